The van der Waals surface area contributed by atoms with E-state index in [0.717, 1.165) is 11.1 Å². The Morgan fingerprint density at radius 3 is 2.31 bits per heavy atom. The van der Waals surface area contributed by atoms with Crippen molar-refractivity contribution in [1.29, 1.82) is 0 Å². The van der Waals surface area contributed by atoms with Crippen LogP contribution in [0.2, 0.25) is 0 Å². The summed E-state index contributed by atoms with van der Waals surface area (Å²) >= 11 is 0. The SMILES string of the molecule is COc1ccnc(C(=O)N2CCCCNC(=O)[C@@H](C)NC(=O)[C@H](CC(C)C)NC(=O)[C@@H](Cc3ccccc3)NC(=O)c3ccc(cc3)C2)c1. The van der Waals surface area contributed by atoms with Crippen LogP contribution >= 0.6 is 0 Å². The maximum absolute atomic E-state index is 13.7. The number of amides is 5. The number of ether oxygens (including phenoxy) is 1. The Hall–Kier alpha value is -5.26. The van der Waals surface area contributed by atoms with Crippen molar-refractivity contribution in [3.63, 3.8) is 0 Å². The molecule has 2 aliphatic rings. The van der Waals surface area contributed by atoms with Gasteiger partial charge in [0.15, 0.2) is 0 Å². The average molecular weight is 671 g/mol. The smallest absolute Gasteiger partial charge is 0.272 e. The molecule has 3 heterocycles. The first-order valence-corrected chi connectivity index (χ1v) is 16.7. The van der Waals surface area contributed by atoms with Gasteiger partial charge in [-0.25, -0.2) is 0 Å². The molecule has 0 fully saturated rings. The summed E-state index contributed by atoms with van der Waals surface area (Å²) in [4.78, 5) is 73.0. The van der Waals surface area contributed by atoms with Gasteiger partial charge in [-0.1, -0.05) is 56.3 Å². The predicted molar refractivity (Wildman–Crippen MR) is 185 cm³/mol. The molecule has 3 aromatic rings. The highest BCUT2D eigenvalue weighted by molar-refractivity contribution is 5.99. The van der Waals surface area contributed by atoms with Crippen LogP contribution in [0, 0.1) is 5.92 Å². The predicted octanol–water partition coefficient (Wildman–Crippen LogP) is 3.02. The molecular weight excluding hydrogens is 624 g/mol. The quantitative estimate of drug-likeness (QED) is 0.294. The van der Waals surface area contributed by atoms with Crippen molar-refractivity contribution in [2.24, 2.45) is 5.92 Å². The van der Waals surface area contributed by atoms with E-state index < -0.39 is 35.8 Å². The van der Waals surface area contributed by atoms with Gasteiger partial charge < -0.3 is 30.9 Å². The highest BCUT2D eigenvalue weighted by Crippen LogP contribution is 2.16. The maximum atomic E-state index is 13.7. The largest absolute Gasteiger partial charge is 0.497 e. The number of hydrogen-bond acceptors (Lipinski definition) is 7. The summed E-state index contributed by atoms with van der Waals surface area (Å²) in [5.41, 5.74) is 2.19. The number of rotatable bonds is 6. The molecule has 0 unspecified atom stereocenters. The molecule has 5 amide bonds. The van der Waals surface area contributed by atoms with E-state index in [2.05, 4.69) is 26.3 Å². The summed E-state index contributed by atoms with van der Waals surface area (Å²) < 4.78 is 5.28. The summed E-state index contributed by atoms with van der Waals surface area (Å²) in [6, 6.07) is 16.6. The van der Waals surface area contributed by atoms with E-state index in [1.807, 2.05) is 44.2 Å². The molecule has 0 radical (unpaired) electrons. The third-order valence-corrected chi connectivity index (χ3v) is 8.21. The molecule has 49 heavy (non-hydrogen) atoms. The fraction of sp³-hybridized carbons (Fsp3) is 0.405. The summed E-state index contributed by atoms with van der Waals surface area (Å²) in [6.07, 6.45) is 3.21. The van der Waals surface area contributed by atoms with Crippen LogP contribution in [0.15, 0.2) is 72.9 Å². The third-order valence-electron chi connectivity index (χ3n) is 8.21. The Morgan fingerprint density at radius 2 is 1.61 bits per heavy atom. The summed E-state index contributed by atoms with van der Waals surface area (Å²) in [5, 5.41) is 11.3. The number of benzene rings is 2. The number of pyridine rings is 1. The van der Waals surface area contributed by atoms with Gasteiger partial charge in [0.1, 0.15) is 29.6 Å². The molecule has 12 nitrogen and oxygen atoms in total. The van der Waals surface area contributed by atoms with E-state index in [1.165, 1.54) is 13.3 Å². The van der Waals surface area contributed by atoms with Crippen molar-refractivity contribution in [2.75, 3.05) is 20.2 Å². The molecule has 12 heteroatoms. The molecule has 260 valence electrons. The number of nitrogens with one attached hydrogen (secondary N) is 4. The van der Waals surface area contributed by atoms with Gasteiger partial charge in [0.25, 0.3) is 11.8 Å². The molecule has 2 bridgehead atoms. The zero-order chi connectivity index (χ0) is 35.3. The van der Waals surface area contributed by atoms with Gasteiger partial charge in [0.2, 0.25) is 17.7 Å². The van der Waals surface area contributed by atoms with Gasteiger partial charge in [0.05, 0.1) is 7.11 Å². The number of hydrogen-bond donors (Lipinski definition) is 4. The van der Waals surface area contributed by atoms with Crippen molar-refractivity contribution >= 4 is 29.5 Å². The van der Waals surface area contributed by atoms with E-state index in [1.54, 1.807) is 48.2 Å². The normalized spacial score (nSPS) is 20.0. The van der Waals surface area contributed by atoms with Gasteiger partial charge >= 0.3 is 0 Å². The number of carbonyl (C=O) groups excluding carboxylic acids is 5. The van der Waals surface area contributed by atoms with Gasteiger partial charge in [-0.3, -0.25) is 29.0 Å². The van der Waals surface area contributed by atoms with Crippen molar-refractivity contribution in [1.82, 2.24) is 31.2 Å². The van der Waals surface area contributed by atoms with Crippen molar-refractivity contribution in [3.05, 3.63) is 95.3 Å². The Kier molecular flexibility index (Phi) is 13.3. The van der Waals surface area contributed by atoms with Crippen LogP contribution in [0.1, 0.15) is 72.0 Å². The number of methoxy groups -OCH3 is 1. The molecule has 3 atom stereocenters. The van der Waals surface area contributed by atoms with Crippen molar-refractivity contribution in [3.8, 4) is 5.75 Å². The van der Waals surface area contributed by atoms with Crippen LogP contribution in [0.5, 0.6) is 5.75 Å². The Labute approximate surface area is 287 Å². The van der Waals surface area contributed by atoms with Gasteiger partial charge in [0, 0.05) is 43.9 Å². The summed E-state index contributed by atoms with van der Waals surface area (Å²) in [7, 11) is 1.52. The molecular formula is C37H46N6O6. The second kappa shape index (κ2) is 17.8. The zero-order valence-corrected chi connectivity index (χ0v) is 28.5. The first kappa shape index (κ1) is 36.6. The molecule has 4 N–H and O–H groups in total. The molecule has 0 saturated heterocycles. The highest BCUT2D eigenvalue weighted by Gasteiger charge is 2.29. The van der Waals surface area contributed by atoms with E-state index in [9.17, 15) is 24.0 Å². The lowest BCUT2D eigenvalue weighted by Crippen LogP contribution is -2.57. The lowest BCUT2D eigenvalue weighted by molar-refractivity contribution is -0.132. The van der Waals surface area contributed by atoms with E-state index in [-0.39, 0.29) is 36.4 Å². The minimum atomic E-state index is -0.990. The molecule has 2 aromatic carbocycles. The number of aromatic nitrogens is 1. The summed E-state index contributed by atoms with van der Waals surface area (Å²) in [6.45, 7) is 6.43. The third kappa shape index (κ3) is 10.9. The number of fused-ring (bicyclic) bond motifs is 18. The topological polar surface area (TPSA) is 159 Å². The molecule has 0 saturated carbocycles. The fourth-order valence-corrected chi connectivity index (χ4v) is 5.50. The van der Waals surface area contributed by atoms with Crippen LogP contribution in [-0.2, 0) is 27.3 Å². The summed E-state index contributed by atoms with van der Waals surface area (Å²) in [5.74, 6) is -1.55. The minimum absolute atomic E-state index is 0.0569. The van der Waals surface area contributed by atoms with Crippen LogP contribution in [0.3, 0.4) is 0 Å². The van der Waals surface area contributed by atoms with E-state index >= 15 is 0 Å². The monoisotopic (exact) mass is 670 g/mol. The lowest BCUT2D eigenvalue weighted by atomic mass is 10.0. The fourth-order valence-electron chi connectivity index (χ4n) is 5.50. The standard InChI is InChI=1S/C37H46N6O6/c1-24(2)20-30-35(46)40-25(3)33(44)39-17-8-9-19-43(37(48)32-22-29(49-4)16-18-38-32)23-27-12-14-28(15-13-27)34(45)41-31(36(47)42-30)21-26-10-6-5-7-11-26/h5-7,10-16,18,22,24-25,30-31H,8-9,17,19-21,23H2,1-4H3,(H,39,44)(H,40,46)(H,41,45)(H,42,47)/t25-,30+,31-/m1/s1. The van der Waals surface area contributed by atoms with Crippen molar-refractivity contribution in [2.45, 2.75) is 71.1 Å². The zero-order valence-electron chi connectivity index (χ0n) is 28.5. The maximum Gasteiger partial charge on any atom is 0.272 e. The average Bonchev–Trinajstić information content (AvgIpc) is 3.10. The second-order valence-electron chi connectivity index (χ2n) is 12.6. The first-order chi connectivity index (χ1) is 23.5. The number of nitrogens with zero attached hydrogens (tertiary/aromatic N) is 2. The van der Waals surface area contributed by atoms with Gasteiger partial charge in [-0.2, -0.15) is 0 Å². The van der Waals surface area contributed by atoms with Crippen LogP contribution in [-0.4, -0.2) is 77.7 Å². The van der Waals surface area contributed by atoms with E-state index in [4.69, 9.17) is 4.74 Å². The number of carbonyl (C=O) groups is 5. The minimum Gasteiger partial charge on any atom is -0.497 e. The van der Waals surface area contributed by atoms with Crippen molar-refractivity contribution < 1.29 is 28.7 Å². The molecule has 0 spiro atoms. The Balaban J connectivity index is 1.63. The van der Waals surface area contributed by atoms with Crippen LogP contribution in [0.4, 0.5) is 0 Å². The van der Waals surface area contributed by atoms with Crippen LogP contribution in [0.25, 0.3) is 0 Å². The molecule has 2 aliphatic heterocycles. The van der Waals surface area contributed by atoms with Gasteiger partial charge in [-0.05, 0) is 61.4 Å². The Morgan fingerprint density at radius 1 is 0.898 bits per heavy atom. The molecule has 5 rings (SSSR count). The first-order valence-electron chi connectivity index (χ1n) is 16.7. The van der Waals surface area contributed by atoms with Gasteiger partial charge in [-0.15, -0.1) is 0 Å². The van der Waals surface area contributed by atoms with E-state index in [0.29, 0.717) is 43.7 Å². The van der Waals surface area contributed by atoms with Crippen LogP contribution < -0.4 is 26.0 Å². The Bertz CT molecular complexity index is 1600. The lowest BCUT2D eigenvalue weighted by Gasteiger charge is -2.25. The second-order valence-corrected chi connectivity index (χ2v) is 12.6. The molecule has 1 aromatic heterocycles. The highest BCUT2D eigenvalue weighted by atomic mass is 16.5. The molecule has 0 aliphatic carbocycles.